The van der Waals surface area contributed by atoms with Crippen molar-refractivity contribution in [1.29, 1.82) is 0 Å². The lowest BCUT2D eigenvalue weighted by molar-refractivity contribution is -0.0364. The van der Waals surface area contributed by atoms with Gasteiger partial charge in [0.05, 0.1) is 11.6 Å². The van der Waals surface area contributed by atoms with Gasteiger partial charge in [-0.3, -0.25) is 0 Å². The van der Waals surface area contributed by atoms with E-state index in [1.54, 1.807) is 6.20 Å². The van der Waals surface area contributed by atoms with Crippen LogP contribution in [0.2, 0.25) is 0 Å². The summed E-state index contributed by atoms with van der Waals surface area (Å²) in [5, 5.41) is 3.57. The smallest absolute Gasteiger partial charge is 0.128 e. The van der Waals surface area contributed by atoms with Gasteiger partial charge < -0.3 is 15.8 Å². The lowest BCUT2D eigenvalue weighted by Crippen LogP contribution is -2.44. The fourth-order valence-corrected chi connectivity index (χ4v) is 3.31. The van der Waals surface area contributed by atoms with E-state index < -0.39 is 0 Å². The Morgan fingerprint density at radius 2 is 2.16 bits per heavy atom. The van der Waals surface area contributed by atoms with Crippen LogP contribution in [0.15, 0.2) is 12.3 Å². The summed E-state index contributed by atoms with van der Waals surface area (Å²) in [6.45, 7) is 5.10. The van der Waals surface area contributed by atoms with Crippen molar-refractivity contribution in [3.63, 3.8) is 0 Å². The third kappa shape index (κ3) is 2.60. The number of hydrogen-bond acceptors (Lipinski definition) is 4. The topological polar surface area (TPSA) is 60.2 Å². The number of nitrogens with two attached hydrogens (primary N) is 1. The highest BCUT2D eigenvalue weighted by molar-refractivity contribution is 5.47. The third-order valence-corrected chi connectivity index (χ3v) is 4.32. The minimum atomic E-state index is -0.141. The van der Waals surface area contributed by atoms with Gasteiger partial charge >= 0.3 is 0 Å². The number of hydrogen-bond donors (Lipinski definition) is 2. The molecule has 1 fully saturated rings. The fourth-order valence-electron chi connectivity index (χ4n) is 3.31. The molecule has 0 amide bonds. The predicted octanol–water partition coefficient (Wildman–Crippen LogP) is 2.58. The van der Waals surface area contributed by atoms with Gasteiger partial charge in [-0.15, -0.1) is 0 Å². The second-order valence-electron chi connectivity index (χ2n) is 5.39. The molecule has 1 aromatic heterocycles. The Kier molecular flexibility index (Phi) is 4.42. The van der Waals surface area contributed by atoms with Crippen LogP contribution in [-0.2, 0) is 4.74 Å². The largest absolute Gasteiger partial charge is 0.383 e. The zero-order chi connectivity index (χ0) is 13.9. The molecule has 0 radical (unpaired) electrons. The molecule has 4 nitrogen and oxygen atoms in total. The van der Waals surface area contributed by atoms with Gasteiger partial charge in [-0.1, -0.05) is 19.8 Å². The zero-order valence-corrected chi connectivity index (χ0v) is 12.2. The Labute approximate surface area is 115 Å². The number of methoxy groups -OCH3 is 1. The van der Waals surface area contributed by atoms with E-state index in [0.717, 1.165) is 24.9 Å². The highest BCUT2D eigenvalue weighted by Crippen LogP contribution is 2.44. The van der Waals surface area contributed by atoms with Gasteiger partial charge in [0, 0.05) is 18.9 Å². The molecule has 1 saturated carbocycles. The third-order valence-electron chi connectivity index (χ3n) is 4.32. The van der Waals surface area contributed by atoms with Crippen molar-refractivity contribution in [3.8, 4) is 0 Å². The molecular formula is C15H25N3O. The lowest BCUT2D eigenvalue weighted by Gasteiger charge is -2.38. The average Bonchev–Trinajstić information content (AvgIpc) is 2.87. The van der Waals surface area contributed by atoms with Crippen molar-refractivity contribution in [2.75, 3.05) is 19.4 Å². The lowest BCUT2D eigenvalue weighted by atomic mass is 9.85. The summed E-state index contributed by atoms with van der Waals surface area (Å²) in [7, 11) is 1.82. The van der Waals surface area contributed by atoms with Gasteiger partial charge in [-0.25, -0.2) is 4.98 Å². The first kappa shape index (κ1) is 14.3. The van der Waals surface area contributed by atoms with E-state index in [0.29, 0.717) is 5.82 Å². The maximum Gasteiger partial charge on any atom is 0.128 e. The van der Waals surface area contributed by atoms with Crippen molar-refractivity contribution >= 4 is 5.82 Å². The molecule has 1 aliphatic rings. The Hall–Kier alpha value is -1.13. The highest BCUT2D eigenvalue weighted by Gasteiger charge is 2.43. The molecule has 1 aromatic rings. The monoisotopic (exact) mass is 263 g/mol. The van der Waals surface area contributed by atoms with E-state index in [4.69, 9.17) is 10.5 Å². The summed E-state index contributed by atoms with van der Waals surface area (Å²) in [6, 6.07) is 2.15. The molecule has 0 aromatic carbocycles. The molecular weight excluding hydrogens is 238 g/mol. The second kappa shape index (κ2) is 5.88. The van der Waals surface area contributed by atoms with Gasteiger partial charge in [0.2, 0.25) is 0 Å². The van der Waals surface area contributed by atoms with Gasteiger partial charge in [0.1, 0.15) is 5.82 Å². The first-order valence-electron chi connectivity index (χ1n) is 7.14. The Morgan fingerprint density at radius 3 is 2.68 bits per heavy atom. The number of nitrogen functional groups attached to an aromatic ring is 1. The highest BCUT2D eigenvalue weighted by atomic mass is 16.5. The summed E-state index contributed by atoms with van der Waals surface area (Å²) in [4.78, 5) is 4.26. The summed E-state index contributed by atoms with van der Waals surface area (Å²) in [6.07, 6.45) is 6.36. The molecule has 2 rings (SSSR count). The first-order valence-corrected chi connectivity index (χ1v) is 7.14. The molecule has 1 unspecified atom stereocenters. The number of aryl methyl sites for hydroxylation is 1. The van der Waals surface area contributed by atoms with Crippen LogP contribution in [0.1, 0.15) is 49.8 Å². The first-order chi connectivity index (χ1) is 9.14. The predicted molar refractivity (Wildman–Crippen MR) is 78.0 cm³/mol. The average molecular weight is 263 g/mol. The van der Waals surface area contributed by atoms with Crippen LogP contribution < -0.4 is 11.1 Å². The van der Waals surface area contributed by atoms with Crippen LogP contribution in [-0.4, -0.2) is 24.2 Å². The minimum Gasteiger partial charge on any atom is -0.383 e. The molecule has 0 saturated heterocycles. The van der Waals surface area contributed by atoms with Crippen LogP contribution in [0.5, 0.6) is 0 Å². The van der Waals surface area contributed by atoms with Crippen LogP contribution in [0.4, 0.5) is 5.82 Å². The zero-order valence-electron chi connectivity index (χ0n) is 12.2. The molecule has 19 heavy (non-hydrogen) atoms. The van der Waals surface area contributed by atoms with E-state index in [9.17, 15) is 0 Å². The number of likely N-dealkylation sites (N-methyl/N-ethyl adjacent to an activating group) is 1. The molecule has 1 heterocycles. The van der Waals surface area contributed by atoms with Crippen molar-refractivity contribution in [1.82, 2.24) is 10.3 Å². The number of rotatable bonds is 5. The van der Waals surface area contributed by atoms with Crippen LogP contribution in [0.3, 0.4) is 0 Å². The maximum absolute atomic E-state index is 6.13. The number of ether oxygens (including phenoxy) is 1. The molecule has 106 valence electrons. The normalized spacial score (nSPS) is 19.5. The number of pyridine rings is 1. The van der Waals surface area contributed by atoms with Gasteiger partial charge in [-0.05, 0) is 37.9 Å². The van der Waals surface area contributed by atoms with Crippen molar-refractivity contribution in [3.05, 3.63) is 23.4 Å². The summed E-state index contributed by atoms with van der Waals surface area (Å²) < 4.78 is 5.93. The van der Waals surface area contributed by atoms with Crippen LogP contribution >= 0.6 is 0 Å². The molecule has 1 aliphatic carbocycles. The van der Waals surface area contributed by atoms with Crippen LogP contribution in [0, 0.1) is 6.92 Å². The Morgan fingerprint density at radius 1 is 1.47 bits per heavy atom. The number of nitrogens with one attached hydrogen (secondary N) is 1. The van der Waals surface area contributed by atoms with E-state index in [1.165, 1.54) is 18.4 Å². The van der Waals surface area contributed by atoms with E-state index in [-0.39, 0.29) is 11.6 Å². The number of anilines is 1. The molecule has 4 heteroatoms. The molecule has 0 aliphatic heterocycles. The van der Waals surface area contributed by atoms with Gasteiger partial charge in [0.25, 0.3) is 0 Å². The SMILES string of the molecule is CCNC(c1c(C)ccnc1N)C1(OC)CCCC1. The van der Waals surface area contributed by atoms with E-state index in [1.807, 2.05) is 13.2 Å². The van der Waals surface area contributed by atoms with E-state index >= 15 is 0 Å². The van der Waals surface area contributed by atoms with Crippen molar-refractivity contribution in [2.45, 2.75) is 51.2 Å². The quantitative estimate of drug-likeness (QED) is 0.857. The molecule has 1 atom stereocenters. The standard InChI is InChI=1S/C15H25N3O/c1-4-17-13(15(19-3)8-5-6-9-15)12-11(2)7-10-18-14(12)16/h7,10,13,17H,4-6,8-9H2,1-3H3,(H2,16,18). The summed E-state index contributed by atoms with van der Waals surface area (Å²) in [5.74, 6) is 0.620. The Balaban J connectivity index is 2.45. The molecule has 3 N–H and O–H groups in total. The fraction of sp³-hybridized carbons (Fsp3) is 0.667. The summed E-state index contributed by atoms with van der Waals surface area (Å²) in [5.41, 5.74) is 8.27. The minimum absolute atomic E-state index is 0.124. The Bertz CT molecular complexity index is 407. The van der Waals surface area contributed by atoms with Crippen molar-refractivity contribution < 1.29 is 4.74 Å². The van der Waals surface area contributed by atoms with Gasteiger partial charge in [0.15, 0.2) is 0 Å². The summed E-state index contributed by atoms with van der Waals surface area (Å²) >= 11 is 0. The second-order valence-corrected chi connectivity index (χ2v) is 5.39. The molecule has 0 bridgehead atoms. The maximum atomic E-state index is 6.13. The number of nitrogens with zero attached hydrogens (tertiary/aromatic N) is 1. The van der Waals surface area contributed by atoms with E-state index in [2.05, 4.69) is 24.1 Å². The van der Waals surface area contributed by atoms with Gasteiger partial charge in [-0.2, -0.15) is 0 Å². The molecule has 0 spiro atoms. The van der Waals surface area contributed by atoms with Crippen LogP contribution in [0.25, 0.3) is 0 Å². The number of aromatic nitrogens is 1. The van der Waals surface area contributed by atoms with Crippen molar-refractivity contribution in [2.24, 2.45) is 0 Å².